The number of aromatic carboxylic acids is 1. The van der Waals surface area contributed by atoms with Gasteiger partial charge in [-0.05, 0) is 174 Å². The van der Waals surface area contributed by atoms with Crippen molar-refractivity contribution < 1.29 is 91.4 Å². The van der Waals surface area contributed by atoms with Gasteiger partial charge in [-0.1, -0.05) is 67.7 Å². The Morgan fingerprint density at radius 3 is 2.07 bits per heavy atom. The zero-order chi connectivity index (χ0) is 83.2. The Labute approximate surface area is 654 Å². The number of carbonyl (C=O) groups is 7. The highest BCUT2D eigenvalue weighted by Crippen LogP contribution is 2.51. The average molecular weight is 1620 g/mol. The Morgan fingerprint density at radius 1 is 0.789 bits per heavy atom. The van der Waals surface area contributed by atoms with Gasteiger partial charge in [-0.15, -0.1) is 0 Å². The van der Waals surface area contributed by atoms with Crippen molar-refractivity contribution in [3.8, 4) is 28.2 Å². The van der Waals surface area contributed by atoms with Gasteiger partial charge >= 0.3 is 27.2 Å². The summed E-state index contributed by atoms with van der Waals surface area (Å²) in [7, 11) is -10.3. The molecule has 7 aliphatic rings. The van der Waals surface area contributed by atoms with Crippen LogP contribution in [-0.4, -0.2) is 140 Å². The molecule has 0 spiro atoms. The number of carboxylic acid groups (broad SMARTS) is 1. The predicted octanol–water partition coefficient (Wildman–Crippen LogP) is 8.42. The molecule has 35 heteroatoms. The minimum Gasteiger partial charge on any atom is -0.744 e. The molecule has 596 valence electrons. The summed E-state index contributed by atoms with van der Waals surface area (Å²) in [5, 5.41) is 30.5. The van der Waals surface area contributed by atoms with Crippen molar-refractivity contribution in [1.82, 2.24) is 21.0 Å². The number of nitrogens with two attached hydrogens (primary N) is 4. The maximum atomic E-state index is 12.3. The number of carbonyl (C=O) groups excluding carboxylic acids is 6. The largest absolute Gasteiger partial charge is 0.744 e. The number of hydrogen-bond donors (Lipinski definition) is 10. The van der Waals surface area contributed by atoms with Crippen molar-refractivity contribution in [1.29, 1.82) is 0 Å². The van der Waals surface area contributed by atoms with E-state index in [4.69, 9.17) is 44.1 Å². The number of nitrogens with zero attached hydrogens (tertiary/aromatic N) is 2. The molecule has 1 unspecified atom stereocenters. The van der Waals surface area contributed by atoms with Crippen molar-refractivity contribution in [2.75, 3.05) is 56.1 Å². The topological polar surface area (TPSA) is 480 Å². The summed E-state index contributed by atoms with van der Waals surface area (Å²) < 4.78 is 108. The Morgan fingerprint density at radius 2 is 1.46 bits per heavy atom. The molecule has 29 nitrogen and oxygen atoms in total. The first-order valence-corrected chi connectivity index (χ1v) is 38.4. The molecule has 4 heterocycles. The van der Waals surface area contributed by atoms with Crippen molar-refractivity contribution in [2.45, 2.75) is 76.2 Å². The van der Waals surface area contributed by atoms with Gasteiger partial charge in [0.2, 0.25) is 11.8 Å². The summed E-state index contributed by atoms with van der Waals surface area (Å²) in [6.07, 6.45) is 9.05. The van der Waals surface area contributed by atoms with Crippen LogP contribution in [0.2, 0.25) is 0 Å². The number of Topliss-reactive ketones (excluding diaryl/α,β-unsaturated/α-hetero) is 1. The van der Waals surface area contributed by atoms with Crippen molar-refractivity contribution >= 4 is 129 Å². The Kier molecular flexibility index (Phi) is 25.8. The lowest BCUT2D eigenvalue weighted by Gasteiger charge is -2.37. The number of carboxylic acids is 1. The van der Waals surface area contributed by atoms with Gasteiger partial charge in [0.05, 0.1) is 52.8 Å². The molecular weight excluding hydrogens is 1550 g/mol. The third-order valence-corrected chi connectivity index (χ3v) is 21.4. The molecule has 114 heavy (non-hydrogen) atoms. The molecule has 5 amide bonds. The van der Waals surface area contributed by atoms with Crippen molar-refractivity contribution in [3.05, 3.63) is 227 Å². The van der Waals surface area contributed by atoms with E-state index in [0.29, 0.717) is 73.0 Å². The number of aryl methyl sites for hydroxylation is 1. The number of amides is 5. The number of halogens is 3. The van der Waals surface area contributed by atoms with E-state index in [9.17, 15) is 87.9 Å². The number of benzene rings is 7. The van der Waals surface area contributed by atoms with Crippen LogP contribution in [0.5, 0.6) is 5.75 Å². The van der Waals surface area contributed by atoms with E-state index < -0.39 is 74.0 Å². The van der Waals surface area contributed by atoms with Crippen LogP contribution in [0.4, 0.5) is 24.5 Å². The third-order valence-electron chi connectivity index (χ3n) is 19.2. The van der Waals surface area contributed by atoms with Gasteiger partial charge in [0, 0.05) is 102 Å². The summed E-state index contributed by atoms with van der Waals surface area (Å²) in [5.74, 6) is 1.48. The van der Waals surface area contributed by atoms with E-state index >= 15 is 0 Å². The van der Waals surface area contributed by atoms with E-state index in [0.717, 1.165) is 74.0 Å². The van der Waals surface area contributed by atoms with Crippen molar-refractivity contribution in [2.24, 2.45) is 29.0 Å². The van der Waals surface area contributed by atoms with E-state index in [-0.39, 0.29) is 94.1 Å². The molecule has 6 aromatic carbocycles. The molecule has 4 aliphatic carbocycles. The summed E-state index contributed by atoms with van der Waals surface area (Å²) in [5.41, 5.74) is 23.9. The Hall–Kier alpha value is -12.1. The number of hydrogen-bond acceptors (Lipinski definition) is 24. The molecule has 1 fully saturated rings. The van der Waals surface area contributed by atoms with Gasteiger partial charge in [-0.2, -0.15) is 21.6 Å². The van der Waals surface area contributed by atoms with E-state index in [2.05, 4.69) is 45.0 Å². The molecular formula is C79H76F3N10O19S3-. The van der Waals surface area contributed by atoms with E-state index in [1.165, 1.54) is 48.5 Å². The van der Waals surface area contributed by atoms with Crippen LogP contribution >= 0.6 is 12.2 Å². The third kappa shape index (κ3) is 18.5. The monoisotopic (exact) mass is 1620 g/mol. The fourth-order valence-corrected chi connectivity index (χ4v) is 15.0. The van der Waals surface area contributed by atoms with Crippen LogP contribution < -0.4 is 60.4 Å². The second-order valence-electron chi connectivity index (χ2n) is 26.6. The molecule has 0 bridgehead atoms. The average Bonchev–Trinajstić information content (AvgIpc) is 0.797. The summed E-state index contributed by atoms with van der Waals surface area (Å²) in [6, 6.07) is 32.3. The fraction of sp³-hybridized carbons (Fsp3) is 0.241. The standard InChI is InChI=1S/C22H16N2O5S.C18H17NO3S.C15H10F3NO5S.C15H18N2O3.C9H16N4O3/c23-10-20(30)24-11-1-4-14(17(7-11)22(27)28)21-15-5-2-12(25)8-18(15)29-19-9-13(26)3-6-16(19)21;1-9-7-15(19)13-5-6-14-16(23(20,21)22)8-10(2)12-4-3-11(9)17(13)18(12)14;16-15(17,18)25(22,23)24-6-5-19-13(20)11-7-9-3-1-2-4-10(9)8-12(11)14(19)21;1-3-17(4-2)11-6-5-10-7-12(13(18)9-16)15(19)20-14(10)8-11;1-5-2-8(15)12-6(5)3-7(14)11-4-9(16)13-10/h1-9,25H,10,23H2,(H,24,30)(H,27,28);3-5,7-8,17H,6,19H2,1-2H3,(H,20,21,22);1-4,7-8H,5-6H2;5-8H,3-4,9,16H2,1-2H3;5-6H,2-4,10H2,1H3,(H,11,14)(H,12,15)(H,13,16)/p-1/t;;;;5-,6-/m....1/s1. The number of alkyl halides is 3. The number of imide groups is 1. The second kappa shape index (κ2) is 34.9. The van der Waals surface area contributed by atoms with Gasteiger partial charge in [-0.3, -0.25) is 48.1 Å². The first kappa shape index (κ1) is 84.4. The number of ketones is 1. The molecule has 0 radical (unpaired) electrons. The number of anilines is 2. The van der Waals surface area contributed by atoms with Gasteiger partial charge in [0.15, 0.2) is 11.2 Å². The molecule has 3 atom stereocenters. The van der Waals surface area contributed by atoms with Gasteiger partial charge < -0.3 is 61.7 Å². The highest BCUT2D eigenvalue weighted by Gasteiger charge is 2.48. The molecule has 0 saturated carbocycles. The number of phenols is 1. The van der Waals surface area contributed by atoms with E-state index in [1.807, 2.05) is 62.6 Å². The minimum absolute atomic E-state index is 0.00980. The number of rotatable bonds is 18. The van der Waals surface area contributed by atoms with Crippen LogP contribution in [0.25, 0.3) is 61.2 Å². The lowest BCUT2D eigenvalue weighted by molar-refractivity contribution is -0.126. The number of aromatic hydroxyl groups is 1. The van der Waals surface area contributed by atoms with Crippen LogP contribution in [0, 0.1) is 12.8 Å². The molecule has 3 aliphatic heterocycles. The first-order chi connectivity index (χ1) is 53.9. The summed E-state index contributed by atoms with van der Waals surface area (Å²) in [6.45, 7) is 9.81. The maximum Gasteiger partial charge on any atom is 0.523 e. The highest BCUT2D eigenvalue weighted by molar-refractivity contribution is 7.87. The molecule has 7 aromatic rings. The quantitative estimate of drug-likeness (QED) is 0.00329. The first-order valence-electron chi connectivity index (χ1n) is 35.1. The Balaban J connectivity index is 0.000000153. The van der Waals surface area contributed by atoms with E-state index in [1.54, 1.807) is 54.6 Å². The normalized spacial score (nSPS) is 15.8. The number of hydrazine groups is 1. The van der Waals surface area contributed by atoms with Crippen molar-refractivity contribution in [3.63, 3.8) is 0 Å². The number of nitrogens with one attached hydrogen (secondary N) is 4. The number of allylic oxidation sites excluding steroid dienone is 6. The minimum atomic E-state index is -5.77. The van der Waals surface area contributed by atoms with Crippen LogP contribution in [-0.2, 0) is 45.2 Å². The summed E-state index contributed by atoms with van der Waals surface area (Å²) >= 11 is 5.07. The van der Waals surface area contributed by atoms with Crippen LogP contribution in [0.3, 0.4) is 0 Å². The zero-order valence-corrected chi connectivity index (χ0v) is 64.0. The predicted molar refractivity (Wildman–Crippen MR) is 421 cm³/mol. The van der Waals surface area contributed by atoms with Gasteiger partial charge in [0.1, 0.15) is 38.4 Å². The van der Waals surface area contributed by atoms with Gasteiger partial charge in [0.25, 0.3) is 17.7 Å². The lowest BCUT2D eigenvalue weighted by Crippen LogP contribution is -2.42. The smallest absolute Gasteiger partial charge is 0.523 e. The summed E-state index contributed by atoms with van der Waals surface area (Å²) in [4.78, 5) is 108. The Bertz CT molecular complexity index is 5860. The van der Waals surface area contributed by atoms with Crippen LogP contribution in [0.1, 0.15) is 110 Å². The van der Waals surface area contributed by atoms with Crippen LogP contribution in [0.15, 0.2) is 185 Å². The number of thiocarbonyl (C=S) groups is 1. The highest BCUT2D eigenvalue weighted by atomic mass is 32.2. The zero-order valence-electron chi connectivity index (χ0n) is 61.6. The molecule has 1 saturated heterocycles. The molecule has 1 aromatic heterocycles. The number of fused-ring (bicyclic) bond motifs is 5. The molecule has 14 N–H and O–H groups in total. The SMILES string of the molecule is CC1=C2C=Cc3c(C)cc(S(=O)(=O)[O-])c4c3C2C(=CC4)C(N)=C1.CCN(CC)c1ccc2cc(C(=O)CN)c(=O)oc2c1.C[C@@H]1CC(=O)N[C@@H]1CC(=O)NCC(=O)NN.NCC(=S)Nc1ccc(-c2c3ccc(=O)cc-3oc3cc(O)ccc23)c(C(=O)O)c1.O=C1c2cc3ccccc3cc2C(=O)N1CCOS(=O)(=O)C(F)(F)F. The molecule has 14 rings (SSSR count). The number of phenolic OH excluding ortho intramolecular Hbond substituents is 1. The second-order valence-corrected chi connectivity index (χ2v) is 30.0. The lowest BCUT2D eigenvalue weighted by atomic mass is 9.68. The maximum absolute atomic E-state index is 12.3. The fourth-order valence-electron chi connectivity index (χ4n) is 13.6. The van der Waals surface area contributed by atoms with Gasteiger partial charge in [-0.25, -0.2) is 23.8 Å².